The van der Waals surface area contributed by atoms with E-state index >= 15 is 0 Å². The van der Waals surface area contributed by atoms with Gasteiger partial charge in [0.1, 0.15) is 5.75 Å². The first-order valence-corrected chi connectivity index (χ1v) is 4.17. The van der Waals surface area contributed by atoms with E-state index in [0.29, 0.717) is 6.54 Å². The van der Waals surface area contributed by atoms with E-state index in [2.05, 4.69) is 10.2 Å². The van der Waals surface area contributed by atoms with Gasteiger partial charge in [0.15, 0.2) is 0 Å². The van der Waals surface area contributed by atoms with Crippen molar-refractivity contribution >= 4 is 10.9 Å². The van der Waals surface area contributed by atoms with E-state index in [0.717, 1.165) is 23.0 Å². The number of phenolic OH excluding ortho intramolecular Hbond substituents is 1. The first-order chi connectivity index (χ1) is 6.31. The van der Waals surface area contributed by atoms with Gasteiger partial charge in [0.05, 0.1) is 5.52 Å². The average molecular weight is 177 g/mol. The molecule has 0 aliphatic heterocycles. The largest absolute Gasteiger partial charge is 0.508 e. The van der Waals surface area contributed by atoms with E-state index in [1.54, 1.807) is 18.2 Å². The van der Waals surface area contributed by atoms with Crippen LogP contribution >= 0.6 is 0 Å². The van der Waals surface area contributed by atoms with Gasteiger partial charge in [-0.05, 0) is 24.7 Å². The number of nitrogens with two attached hydrogens (primary N) is 1. The minimum Gasteiger partial charge on any atom is -0.508 e. The van der Waals surface area contributed by atoms with Gasteiger partial charge < -0.3 is 10.8 Å². The molecule has 68 valence electrons. The molecule has 4 nitrogen and oxygen atoms in total. The number of fused-ring (bicyclic) bond motifs is 1. The number of hydrogen-bond acceptors (Lipinski definition) is 3. The lowest BCUT2D eigenvalue weighted by molar-refractivity contribution is 0.476. The van der Waals surface area contributed by atoms with Gasteiger partial charge in [-0.15, -0.1) is 0 Å². The summed E-state index contributed by atoms with van der Waals surface area (Å²) in [7, 11) is 0. The van der Waals surface area contributed by atoms with E-state index in [1.807, 2.05) is 0 Å². The third-order valence-corrected chi connectivity index (χ3v) is 2.01. The van der Waals surface area contributed by atoms with Crippen LogP contribution in [0.5, 0.6) is 5.75 Å². The van der Waals surface area contributed by atoms with Crippen LogP contribution in [0.1, 0.15) is 5.69 Å². The van der Waals surface area contributed by atoms with Crippen molar-refractivity contribution in [3.05, 3.63) is 23.9 Å². The summed E-state index contributed by atoms with van der Waals surface area (Å²) in [5.41, 5.74) is 7.28. The van der Waals surface area contributed by atoms with Gasteiger partial charge in [0.25, 0.3) is 0 Å². The predicted octanol–water partition coefficient (Wildman–Crippen LogP) is 0.770. The van der Waals surface area contributed by atoms with Crippen molar-refractivity contribution in [2.24, 2.45) is 5.73 Å². The van der Waals surface area contributed by atoms with E-state index in [1.165, 1.54) is 0 Å². The molecule has 2 aromatic rings. The Bertz CT molecular complexity index is 422. The summed E-state index contributed by atoms with van der Waals surface area (Å²) < 4.78 is 0. The van der Waals surface area contributed by atoms with Gasteiger partial charge in [-0.25, -0.2) is 0 Å². The quantitative estimate of drug-likeness (QED) is 0.634. The third-order valence-electron chi connectivity index (χ3n) is 2.01. The van der Waals surface area contributed by atoms with Crippen molar-refractivity contribution in [1.82, 2.24) is 10.2 Å². The molecule has 0 radical (unpaired) electrons. The zero-order valence-corrected chi connectivity index (χ0v) is 7.12. The standard InChI is InChI=1S/C9H11N3O/c10-4-3-9-7-5-6(13)1-2-8(7)11-12-9/h1-2,5,13H,3-4,10H2,(H,11,12). The number of H-pyrrole nitrogens is 1. The summed E-state index contributed by atoms with van der Waals surface area (Å²) in [5, 5.41) is 17.2. The van der Waals surface area contributed by atoms with Crippen molar-refractivity contribution in [2.45, 2.75) is 6.42 Å². The number of aromatic nitrogens is 2. The minimum absolute atomic E-state index is 0.257. The van der Waals surface area contributed by atoms with Crippen molar-refractivity contribution in [3.8, 4) is 5.75 Å². The number of aromatic amines is 1. The lowest BCUT2D eigenvalue weighted by Gasteiger charge is -1.94. The van der Waals surface area contributed by atoms with Crippen molar-refractivity contribution in [1.29, 1.82) is 0 Å². The molecule has 0 unspecified atom stereocenters. The molecule has 0 bridgehead atoms. The zero-order chi connectivity index (χ0) is 9.26. The van der Waals surface area contributed by atoms with Gasteiger partial charge >= 0.3 is 0 Å². The fourth-order valence-electron chi connectivity index (χ4n) is 1.39. The first-order valence-electron chi connectivity index (χ1n) is 4.17. The summed E-state index contributed by atoms with van der Waals surface area (Å²) in [6.45, 7) is 0.576. The topological polar surface area (TPSA) is 74.9 Å². The molecule has 1 aromatic heterocycles. The van der Waals surface area contributed by atoms with Crippen LogP contribution in [0.3, 0.4) is 0 Å². The number of rotatable bonds is 2. The molecule has 0 saturated heterocycles. The fraction of sp³-hybridized carbons (Fsp3) is 0.222. The van der Waals surface area contributed by atoms with Gasteiger partial charge in [0.2, 0.25) is 0 Å². The Kier molecular flexibility index (Phi) is 1.90. The molecule has 4 heteroatoms. The Hall–Kier alpha value is -1.55. The molecule has 0 spiro atoms. The molecular formula is C9H11N3O. The number of nitrogens with zero attached hydrogens (tertiary/aromatic N) is 1. The van der Waals surface area contributed by atoms with Gasteiger partial charge in [-0.1, -0.05) is 0 Å². The third kappa shape index (κ3) is 1.36. The number of aromatic hydroxyl groups is 1. The second kappa shape index (κ2) is 3.06. The Morgan fingerprint density at radius 1 is 1.46 bits per heavy atom. The van der Waals surface area contributed by atoms with Crippen LogP contribution in [0.15, 0.2) is 18.2 Å². The monoisotopic (exact) mass is 177 g/mol. The molecule has 13 heavy (non-hydrogen) atoms. The van der Waals surface area contributed by atoms with Crippen LogP contribution in [0.2, 0.25) is 0 Å². The summed E-state index contributed by atoms with van der Waals surface area (Å²) in [4.78, 5) is 0. The molecule has 0 saturated carbocycles. The summed E-state index contributed by atoms with van der Waals surface area (Å²) in [6, 6.07) is 5.10. The van der Waals surface area contributed by atoms with E-state index < -0.39 is 0 Å². The van der Waals surface area contributed by atoms with E-state index in [4.69, 9.17) is 5.73 Å². The smallest absolute Gasteiger partial charge is 0.116 e. The second-order valence-electron chi connectivity index (χ2n) is 2.94. The highest BCUT2D eigenvalue weighted by molar-refractivity contribution is 5.82. The zero-order valence-electron chi connectivity index (χ0n) is 7.12. The molecule has 0 amide bonds. The van der Waals surface area contributed by atoms with Crippen LogP contribution in [-0.4, -0.2) is 21.8 Å². The van der Waals surface area contributed by atoms with E-state index in [9.17, 15) is 5.11 Å². The van der Waals surface area contributed by atoms with Gasteiger partial charge in [0, 0.05) is 17.5 Å². The van der Waals surface area contributed by atoms with Crippen molar-refractivity contribution < 1.29 is 5.11 Å². The Morgan fingerprint density at radius 2 is 2.31 bits per heavy atom. The molecule has 1 aromatic carbocycles. The molecule has 0 aliphatic carbocycles. The van der Waals surface area contributed by atoms with Crippen molar-refractivity contribution in [2.75, 3.05) is 6.54 Å². The molecule has 0 aliphatic rings. The maximum atomic E-state index is 9.27. The van der Waals surface area contributed by atoms with E-state index in [-0.39, 0.29) is 5.75 Å². The number of benzene rings is 1. The Labute approximate surface area is 75.4 Å². The Balaban J connectivity index is 2.58. The molecule has 2 rings (SSSR count). The van der Waals surface area contributed by atoms with Gasteiger partial charge in [-0.2, -0.15) is 5.10 Å². The maximum Gasteiger partial charge on any atom is 0.116 e. The number of hydrogen-bond donors (Lipinski definition) is 3. The van der Waals surface area contributed by atoms with Crippen LogP contribution in [0.25, 0.3) is 10.9 Å². The summed E-state index contributed by atoms with van der Waals surface area (Å²) in [5.74, 6) is 0.257. The minimum atomic E-state index is 0.257. The van der Waals surface area contributed by atoms with Crippen LogP contribution in [0, 0.1) is 0 Å². The van der Waals surface area contributed by atoms with Crippen LogP contribution in [-0.2, 0) is 6.42 Å². The maximum absolute atomic E-state index is 9.27. The van der Waals surface area contributed by atoms with Crippen LogP contribution in [0.4, 0.5) is 0 Å². The van der Waals surface area contributed by atoms with Crippen molar-refractivity contribution in [3.63, 3.8) is 0 Å². The predicted molar refractivity (Wildman–Crippen MR) is 50.5 cm³/mol. The molecule has 1 heterocycles. The van der Waals surface area contributed by atoms with Gasteiger partial charge in [-0.3, -0.25) is 5.10 Å². The summed E-state index contributed by atoms with van der Waals surface area (Å²) in [6.07, 6.45) is 0.750. The first kappa shape index (κ1) is 8.07. The fourth-order valence-corrected chi connectivity index (χ4v) is 1.39. The molecule has 0 fully saturated rings. The Morgan fingerprint density at radius 3 is 3.08 bits per heavy atom. The second-order valence-corrected chi connectivity index (χ2v) is 2.94. The highest BCUT2D eigenvalue weighted by Gasteiger charge is 2.04. The normalized spacial score (nSPS) is 10.8. The molecule has 0 atom stereocenters. The average Bonchev–Trinajstić information content (AvgIpc) is 2.49. The SMILES string of the molecule is NCCc1[nH]nc2ccc(O)cc12. The lowest BCUT2D eigenvalue weighted by atomic mass is 10.1. The molecular weight excluding hydrogens is 166 g/mol. The number of phenols is 1. The summed E-state index contributed by atoms with van der Waals surface area (Å²) >= 11 is 0. The lowest BCUT2D eigenvalue weighted by Crippen LogP contribution is -2.03. The van der Waals surface area contributed by atoms with Crippen LogP contribution < -0.4 is 5.73 Å². The highest BCUT2D eigenvalue weighted by Crippen LogP contribution is 2.20. The number of nitrogens with one attached hydrogen (secondary N) is 1. The highest BCUT2D eigenvalue weighted by atomic mass is 16.3. The molecule has 4 N–H and O–H groups in total.